The molecule has 0 rings (SSSR count). The Hall–Kier alpha value is -2.95. The molecule has 2 unspecified atom stereocenters. The van der Waals surface area contributed by atoms with Crippen molar-refractivity contribution in [2.75, 3.05) is 6.61 Å². The third-order valence-corrected chi connectivity index (χ3v) is 10.7. The quantitative estimate of drug-likeness (QED) is 0.0423. The second-order valence-electron chi connectivity index (χ2n) is 16.5. The van der Waals surface area contributed by atoms with E-state index in [1.807, 2.05) is 6.08 Å². The Morgan fingerprint density at radius 2 is 0.750 bits per heavy atom. The third kappa shape index (κ3) is 46.1. The van der Waals surface area contributed by atoms with Gasteiger partial charge in [-0.15, -0.1) is 0 Å². The number of nitrogens with one attached hydrogen (secondary N) is 1. The molecule has 0 aromatic carbocycles. The van der Waals surface area contributed by atoms with E-state index < -0.39 is 12.1 Å². The number of carbonyl (C=O) groups excluding carboxylic acids is 1. The lowest BCUT2D eigenvalue weighted by Gasteiger charge is -2.19. The molecule has 0 aliphatic heterocycles. The van der Waals surface area contributed by atoms with Crippen molar-refractivity contribution in [3.05, 3.63) is 109 Å². The summed E-state index contributed by atoms with van der Waals surface area (Å²) in [5, 5.41) is 23.1. The van der Waals surface area contributed by atoms with Crippen LogP contribution in [0.2, 0.25) is 0 Å². The van der Waals surface area contributed by atoms with Crippen LogP contribution in [0.3, 0.4) is 0 Å². The molecule has 0 bridgehead atoms. The molecule has 1 amide bonds. The molecule has 0 saturated heterocycles. The van der Waals surface area contributed by atoms with Crippen molar-refractivity contribution in [1.29, 1.82) is 0 Å². The molecular weight excluding hydrogens is 735 g/mol. The van der Waals surface area contributed by atoms with Gasteiger partial charge >= 0.3 is 0 Å². The highest BCUT2D eigenvalue weighted by Crippen LogP contribution is 2.14. The van der Waals surface area contributed by atoms with Crippen molar-refractivity contribution >= 4 is 5.91 Å². The maximum Gasteiger partial charge on any atom is 0.220 e. The first-order chi connectivity index (χ1) is 29.7. The van der Waals surface area contributed by atoms with Crippen LogP contribution in [-0.4, -0.2) is 34.9 Å². The van der Waals surface area contributed by atoms with E-state index >= 15 is 0 Å². The van der Waals surface area contributed by atoms with Crippen LogP contribution in [0.4, 0.5) is 0 Å². The molecule has 0 saturated carbocycles. The number of hydrogen-bond donors (Lipinski definition) is 3. The molecule has 60 heavy (non-hydrogen) atoms. The number of aliphatic hydroxyl groups excluding tert-OH is 2. The molecule has 0 aliphatic rings. The number of aliphatic hydroxyl groups is 2. The summed E-state index contributed by atoms with van der Waals surface area (Å²) >= 11 is 0. The molecule has 3 N–H and O–H groups in total. The summed E-state index contributed by atoms with van der Waals surface area (Å²) in [7, 11) is 0. The fraction of sp³-hybridized carbons (Fsp3) is 0.661. The Balaban J connectivity index is 3.64. The molecule has 0 spiro atoms. The largest absolute Gasteiger partial charge is 0.394 e. The number of amides is 1. The van der Waals surface area contributed by atoms with Gasteiger partial charge in [0.2, 0.25) is 5.91 Å². The second kappa shape index (κ2) is 50.4. The molecule has 0 aromatic heterocycles. The van der Waals surface area contributed by atoms with Crippen molar-refractivity contribution in [1.82, 2.24) is 5.32 Å². The van der Waals surface area contributed by atoms with Crippen LogP contribution in [0.25, 0.3) is 0 Å². The molecule has 0 fully saturated rings. The first-order valence-electron chi connectivity index (χ1n) is 25.1. The third-order valence-electron chi connectivity index (χ3n) is 10.7. The number of carbonyl (C=O) groups is 1. The zero-order valence-electron chi connectivity index (χ0n) is 39.2. The Morgan fingerprint density at radius 1 is 0.417 bits per heavy atom. The van der Waals surface area contributed by atoms with E-state index in [0.29, 0.717) is 6.42 Å². The minimum Gasteiger partial charge on any atom is -0.394 e. The maximum absolute atomic E-state index is 12.4. The maximum atomic E-state index is 12.4. The summed E-state index contributed by atoms with van der Waals surface area (Å²) < 4.78 is 0. The monoisotopic (exact) mass is 830 g/mol. The van der Waals surface area contributed by atoms with Crippen molar-refractivity contribution in [3.63, 3.8) is 0 Å². The molecule has 0 heterocycles. The van der Waals surface area contributed by atoms with E-state index in [1.54, 1.807) is 6.08 Å². The zero-order chi connectivity index (χ0) is 43.5. The first kappa shape index (κ1) is 57.1. The molecule has 2 atom stereocenters. The van der Waals surface area contributed by atoms with Gasteiger partial charge in [0.1, 0.15) is 0 Å². The van der Waals surface area contributed by atoms with Gasteiger partial charge in [-0.05, 0) is 89.9 Å². The highest BCUT2D eigenvalue weighted by Gasteiger charge is 2.17. The van der Waals surface area contributed by atoms with Crippen molar-refractivity contribution in [3.8, 4) is 0 Å². The molecule has 4 nitrogen and oxygen atoms in total. The van der Waals surface area contributed by atoms with Gasteiger partial charge in [-0.25, -0.2) is 0 Å². The summed E-state index contributed by atoms with van der Waals surface area (Å²) in [4.78, 5) is 12.4. The van der Waals surface area contributed by atoms with Crippen molar-refractivity contribution in [2.24, 2.45) is 0 Å². The van der Waals surface area contributed by atoms with Crippen LogP contribution in [0, 0.1) is 0 Å². The Morgan fingerprint density at radius 3 is 1.17 bits per heavy atom. The first-order valence-corrected chi connectivity index (χ1v) is 25.1. The van der Waals surface area contributed by atoms with Gasteiger partial charge in [-0.1, -0.05) is 232 Å². The Kier molecular flexibility index (Phi) is 47.9. The van der Waals surface area contributed by atoms with Gasteiger partial charge in [-0.2, -0.15) is 0 Å². The minimum absolute atomic E-state index is 0.0850. The molecular formula is C56H95NO3. The zero-order valence-corrected chi connectivity index (χ0v) is 39.2. The Bertz CT molecular complexity index is 1170. The standard InChI is InChI=1S/C56H95NO3/c1-3-5-7-9-11-13-15-17-19-21-22-23-24-25-26-27-28-29-30-31-32-33-34-36-38-40-42-44-46-48-50-52-56(60)57-54(53-58)55(59)51-49-47-45-43-41-39-37-35-20-18-16-14-12-10-8-6-4-2/h5,7,11,13,17,19,22-23,25-26,28-29,31-32,41,43,49,51,54-55,58-59H,3-4,6,8-10,12,14-16,18,20-21,24,27,30,33-40,42,44-48,50,52-53H2,1-2H3,(H,57,60)/b7-5-,13-11-,19-17-,23-22-,26-25-,29-28-,32-31-,43-41+,51-49+. The lowest BCUT2D eigenvalue weighted by atomic mass is 10.0. The number of hydrogen-bond acceptors (Lipinski definition) is 3. The molecule has 0 aliphatic carbocycles. The molecule has 342 valence electrons. The molecule has 4 heteroatoms. The van der Waals surface area contributed by atoms with E-state index in [2.05, 4.69) is 116 Å². The average molecular weight is 830 g/mol. The average Bonchev–Trinajstić information content (AvgIpc) is 3.25. The van der Waals surface area contributed by atoms with E-state index in [0.717, 1.165) is 83.5 Å². The van der Waals surface area contributed by atoms with Gasteiger partial charge in [0.05, 0.1) is 18.8 Å². The van der Waals surface area contributed by atoms with E-state index in [4.69, 9.17) is 0 Å². The van der Waals surface area contributed by atoms with Crippen LogP contribution >= 0.6 is 0 Å². The van der Waals surface area contributed by atoms with Gasteiger partial charge < -0.3 is 15.5 Å². The van der Waals surface area contributed by atoms with E-state index in [-0.39, 0.29) is 12.5 Å². The summed E-state index contributed by atoms with van der Waals surface area (Å²) in [6.07, 6.45) is 76.4. The predicted octanol–water partition coefficient (Wildman–Crippen LogP) is 16.4. The fourth-order valence-corrected chi connectivity index (χ4v) is 6.94. The van der Waals surface area contributed by atoms with Gasteiger partial charge in [-0.3, -0.25) is 4.79 Å². The summed E-state index contributed by atoms with van der Waals surface area (Å²) in [5.74, 6) is -0.0850. The highest BCUT2D eigenvalue weighted by molar-refractivity contribution is 5.76. The molecule has 0 aromatic rings. The van der Waals surface area contributed by atoms with Crippen molar-refractivity contribution < 1.29 is 15.0 Å². The summed E-state index contributed by atoms with van der Waals surface area (Å²) in [6.45, 7) is 4.17. The summed E-state index contributed by atoms with van der Waals surface area (Å²) in [5.41, 5.74) is 0. The second-order valence-corrected chi connectivity index (χ2v) is 16.5. The minimum atomic E-state index is -0.872. The van der Waals surface area contributed by atoms with E-state index in [9.17, 15) is 15.0 Å². The van der Waals surface area contributed by atoms with Gasteiger partial charge in [0, 0.05) is 6.42 Å². The number of allylic oxidation sites excluding steroid dienone is 17. The molecule has 0 radical (unpaired) electrons. The van der Waals surface area contributed by atoms with Crippen LogP contribution in [0.5, 0.6) is 0 Å². The highest BCUT2D eigenvalue weighted by atomic mass is 16.3. The van der Waals surface area contributed by atoms with Gasteiger partial charge in [0.25, 0.3) is 0 Å². The van der Waals surface area contributed by atoms with Crippen LogP contribution in [0.1, 0.15) is 219 Å². The Labute approximate surface area is 372 Å². The summed E-state index contributed by atoms with van der Waals surface area (Å²) in [6, 6.07) is -0.650. The predicted molar refractivity (Wildman–Crippen MR) is 266 cm³/mol. The van der Waals surface area contributed by atoms with Crippen LogP contribution in [-0.2, 0) is 4.79 Å². The number of rotatable bonds is 44. The SMILES string of the molecule is CC/C=C\C/C=C\C/C=C\C/C=C\C/C=C\C/C=C\C/C=C\CCCCCCCCCCCC(=O)NC(CO)C(O)/C=C/CC/C=C/CCCCCCCCCCCCC. The topological polar surface area (TPSA) is 69.6 Å². The number of unbranched alkanes of at least 4 members (excludes halogenated alkanes) is 21. The normalized spacial score (nSPS) is 13.9. The van der Waals surface area contributed by atoms with E-state index in [1.165, 1.54) is 116 Å². The van der Waals surface area contributed by atoms with Crippen LogP contribution < -0.4 is 5.32 Å². The smallest absolute Gasteiger partial charge is 0.220 e. The fourth-order valence-electron chi connectivity index (χ4n) is 6.94. The lowest BCUT2D eigenvalue weighted by molar-refractivity contribution is -0.123. The van der Waals surface area contributed by atoms with Crippen molar-refractivity contribution in [2.45, 2.75) is 231 Å². The lowest BCUT2D eigenvalue weighted by Crippen LogP contribution is -2.45. The van der Waals surface area contributed by atoms with Gasteiger partial charge in [0.15, 0.2) is 0 Å². The van der Waals surface area contributed by atoms with Crippen LogP contribution in [0.15, 0.2) is 109 Å².